The maximum atomic E-state index is 13.3. The lowest BCUT2D eigenvalue weighted by Gasteiger charge is -2.33. The van der Waals surface area contributed by atoms with Gasteiger partial charge in [0.25, 0.3) is 0 Å². The zero-order valence-corrected chi connectivity index (χ0v) is 19.7. The fourth-order valence-electron chi connectivity index (χ4n) is 3.11. The zero-order valence-electron chi connectivity index (χ0n) is 19.7. The lowest BCUT2D eigenvalue weighted by Crippen LogP contribution is -2.55. The molecule has 0 saturated heterocycles. The van der Waals surface area contributed by atoms with Crippen molar-refractivity contribution in [1.29, 1.82) is 0 Å². The number of aliphatic hydroxyl groups excluding tert-OH is 2. The summed E-state index contributed by atoms with van der Waals surface area (Å²) < 4.78 is 5.17. The Hall–Kier alpha value is -2.65. The number of hydrogen-bond acceptors (Lipinski definition) is 6. The van der Waals surface area contributed by atoms with Crippen molar-refractivity contribution in [2.75, 3.05) is 26.3 Å². The van der Waals surface area contributed by atoms with Gasteiger partial charge in [0, 0.05) is 13.1 Å². The normalized spacial score (nSPS) is 13.1. The van der Waals surface area contributed by atoms with Gasteiger partial charge in [-0.25, -0.2) is 4.79 Å². The summed E-state index contributed by atoms with van der Waals surface area (Å²) in [4.78, 5) is 39.8. The van der Waals surface area contributed by atoms with E-state index >= 15 is 0 Å². The van der Waals surface area contributed by atoms with E-state index < -0.39 is 48.8 Å². The van der Waals surface area contributed by atoms with Crippen LogP contribution in [0.4, 0.5) is 4.79 Å². The summed E-state index contributed by atoms with van der Waals surface area (Å²) in [5.74, 6) is -1.11. The second kappa shape index (κ2) is 13.0. The van der Waals surface area contributed by atoms with Crippen molar-refractivity contribution in [3.8, 4) is 0 Å². The van der Waals surface area contributed by atoms with Crippen molar-refractivity contribution in [1.82, 2.24) is 15.5 Å². The number of aliphatic hydroxyl groups is 2. The van der Waals surface area contributed by atoms with Crippen LogP contribution in [0.25, 0.3) is 0 Å². The number of nitrogens with one attached hydrogen (secondary N) is 2. The zero-order chi connectivity index (χ0) is 24.3. The first-order valence-electron chi connectivity index (χ1n) is 10.9. The molecule has 0 aromatic heterocycles. The molecular formula is C23H37N3O6. The van der Waals surface area contributed by atoms with E-state index in [4.69, 9.17) is 4.74 Å². The summed E-state index contributed by atoms with van der Waals surface area (Å²) in [7, 11) is 0. The number of carbonyl (C=O) groups is 3. The first kappa shape index (κ1) is 27.4. The Morgan fingerprint density at radius 3 is 2.41 bits per heavy atom. The molecule has 0 saturated carbocycles. The molecular weight excluding hydrogens is 414 g/mol. The van der Waals surface area contributed by atoms with Crippen LogP contribution in [-0.2, 0) is 14.3 Å². The Bertz CT molecular complexity index is 762. The van der Waals surface area contributed by atoms with E-state index in [1.807, 2.05) is 19.9 Å². The van der Waals surface area contributed by atoms with Crippen molar-refractivity contribution in [3.05, 3.63) is 35.4 Å². The molecule has 3 amide bonds. The van der Waals surface area contributed by atoms with Crippen molar-refractivity contribution in [2.24, 2.45) is 0 Å². The van der Waals surface area contributed by atoms with Crippen molar-refractivity contribution < 1.29 is 29.3 Å². The van der Waals surface area contributed by atoms with Gasteiger partial charge in [0.05, 0.1) is 13.2 Å². The molecule has 1 aromatic carbocycles. The van der Waals surface area contributed by atoms with Gasteiger partial charge in [0.1, 0.15) is 17.7 Å². The molecule has 1 aromatic rings. The number of benzene rings is 1. The number of nitrogens with zero attached hydrogens (tertiary/aromatic N) is 1. The van der Waals surface area contributed by atoms with Gasteiger partial charge in [-0.05, 0) is 39.7 Å². The van der Waals surface area contributed by atoms with Gasteiger partial charge in [-0.15, -0.1) is 0 Å². The van der Waals surface area contributed by atoms with Crippen LogP contribution >= 0.6 is 0 Å². The van der Waals surface area contributed by atoms with Gasteiger partial charge in [-0.3, -0.25) is 9.59 Å². The van der Waals surface area contributed by atoms with Crippen LogP contribution in [0.1, 0.15) is 57.7 Å². The summed E-state index contributed by atoms with van der Waals surface area (Å²) in [5, 5.41) is 24.6. The minimum Gasteiger partial charge on any atom is -0.444 e. The van der Waals surface area contributed by atoms with Gasteiger partial charge in [-0.2, -0.15) is 0 Å². The predicted octanol–water partition coefficient (Wildman–Crippen LogP) is 1.66. The number of ether oxygens (including phenoxy) is 1. The second-order valence-electron chi connectivity index (χ2n) is 8.60. The molecule has 0 radical (unpaired) electrons. The summed E-state index contributed by atoms with van der Waals surface area (Å²) in [6.07, 6.45) is 0.800. The van der Waals surface area contributed by atoms with Crippen LogP contribution in [0, 0.1) is 6.92 Å². The summed E-state index contributed by atoms with van der Waals surface area (Å²) in [6.45, 7) is 8.08. The fourth-order valence-corrected chi connectivity index (χ4v) is 3.11. The van der Waals surface area contributed by atoms with Crippen molar-refractivity contribution in [3.63, 3.8) is 0 Å². The monoisotopic (exact) mass is 451 g/mol. The van der Waals surface area contributed by atoms with Gasteiger partial charge >= 0.3 is 6.09 Å². The first-order valence-corrected chi connectivity index (χ1v) is 10.9. The molecule has 0 aliphatic carbocycles. The number of rotatable bonds is 11. The Morgan fingerprint density at radius 1 is 1.19 bits per heavy atom. The molecule has 0 aliphatic heterocycles. The van der Waals surface area contributed by atoms with Gasteiger partial charge < -0.3 is 30.5 Å². The fraction of sp³-hybridized carbons (Fsp3) is 0.609. The molecule has 0 fully saturated rings. The highest BCUT2D eigenvalue weighted by Gasteiger charge is 2.35. The number of carbonyl (C=O) groups excluding carboxylic acids is 3. The Morgan fingerprint density at radius 2 is 1.88 bits per heavy atom. The summed E-state index contributed by atoms with van der Waals surface area (Å²) >= 11 is 0. The third-order valence-corrected chi connectivity index (χ3v) is 4.54. The van der Waals surface area contributed by atoms with Crippen LogP contribution in [0.3, 0.4) is 0 Å². The first-order chi connectivity index (χ1) is 15.0. The molecule has 180 valence electrons. The van der Waals surface area contributed by atoms with Crippen LogP contribution in [0.2, 0.25) is 0 Å². The number of amides is 3. The Kier molecular flexibility index (Phi) is 11.1. The van der Waals surface area contributed by atoms with Crippen molar-refractivity contribution >= 4 is 17.9 Å². The third-order valence-electron chi connectivity index (χ3n) is 4.54. The molecule has 9 nitrogen and oxygen atoms in total. The SMILES string of the molecule is CCCCNC(=O)C(c1cccc(C)c1)N(CCO)C(=O)C(CO)NC(=O)OC(C)(C)C. The number of aryl methyl sites for hydroxylation is 1. The Labute approximate surface area is 190 Å². The summed E-state index contributed by atoms with van der Waals surface area (Å²) in [5.41, 5.74) is 0.673. The van der Waals surface area contributed by atoms with Crippen LogP contribution in [0.5, 0.6) is 0 Å². The van der Waals surface area contributed by atoms with Gasteiger partial charge in [0.2, 0.25) is 11.8 Å². The molecule has 0 heterocycles. The molecule has 2 atom stereocenters. The highest BCUT2D eigenvalue weighted by atomic mass is 16.6. The largest absolute Gasteiger partial charge is 0.444 e. The average molecular weight is 452 g/mol. The lowest BCUT2D eigenvalue weighted by molar-refractivity contribution is -0.143. The molecule has 0 bridgehead atoms. The molecule has 0 spiro atoms. The predicted molar refractivity (Wildman–Crippen MR) is 121 cm³/mol. The molecule has 0 aliphatic rings. The summed E-state index contributed by atoms with van der Waals surface area (Å²) in [6, 6.07) is 4.78. The standard InChI is InChI=1S/C23H37N3O6/c1-6-7-11-24-20(29)19(17-10-8-9-16(2)14-17)26(12-13-27)21(30)18(15-28)25-22(31)32-23(3,4)5/h8-10,14,18-19,27-28H,6-7,11-13,15H2,1-5H3,(H,24,29)(H,25,31). The molecule has 2 unspecified atom stereocenters. The molecule has 9 heteroatoms. The highest BCUT2D eigenvalue weighted by molar-refractivity contribution is 5.92. The smallest absolute Gasteiger partial charge is 0.408 e. The molecule has 4 N–H and O–H groups in total. The van der Waals surface area contributed by atoms with E-state index in [1.54, 1.807) is 39.0 Å². The maximum absolute atomic E-state index is 13.3. The third kappa shape index (κ3) is 8.84. The second-order valence-corrected chi connectivity index (χ2v) is 8.60. The van der Waals surface area contributed by atoms with Crippen LogP contribution < -0.4 is 10.6 Å². The minimum absolute atomic E-state index is 0.162. The van der Waals surface area contributed by atoms with Gasteiger partial charge in [0.15, 0.2) is 0 Å². The number of hydrogen-bond donors (Lipinski definition) is 4. The quantitative estimate of drug-likeness (QED) is 0.379. The van der Waals surface area contributed by atoms with Crippen molar-refractivity contribution in [2.45, 2.75) is 65.1 Å². The lowest BCUT2D eigenvalue weighted by atomic mass is 10.0. The van der Waals surface area contributed by atoms with E-state index in [9.17, 15) is 24.6 Å². The topological polar surface area (TPSA) is 128 Å². The van der Waals surface area contributed by atoms with E-state index in [-0.39, 0.29) is 6.54 Å². The average Bonchev–Trinajstić information content (AvgIpc) is 2.70. The highest BCUT2D eigenvalue weighted by Crippen LogP contribution is 2.23. The Balaban J connectivity index is 3.25. The molecule has 1 rings (SSSR count). The van der Waals surface area contributed by atoms with Gasteiger partial charge in [-0.1, -0.05) is 43.2 Å². The van der Waals surface area contributed by atoms with E-state index in [0.717, 1.165) is 18.4 Å². The number of alkyl carbamates (subject to hydrolysis) is 1. The maximum Gasteiger partial charge on any atom is 0.408 e. The van der Waals surface area contributed by atoms with Crippen LogP contribution in [-0.4, -0.2) is 71.0 Å². The van der Waals surface area contributed by atoms with E-state index in [0.29, 0.717) is 12.1 Å². The minimum atomic E-state index is -1.34. The molecule has 32 heavy (non-hydrogen) atoms. The van der Waals surface area contributed by atoms with Crippen LogP contribution in [0.15, 0.2) is 24.3 Å². The number of unbranched alkanes of at least 4 members (excludes halogenated alkanes) is 1. The van der Waals surface area contributed by atoms with E-state index in [2.05, 4.69) is 10.6 Å². The van der Waals surface area contributed by atoms with E-state index in [1.165, 1.54) is 4.90 Å².